The summed E-state index contributed by atoms with van der Waals surface area (Å²) in [7, 11) is 0. The topological polar surface area (TPSA) is 89.9 Å². The average molecular weight is 318 g/mol. The first kappa shape index (κ1) is 17.0. The van der Waals surface area contributed by atoms with Gasteiger partial charge >= 0.3 is 0 Å². The zero-order valence-corrected chi connectivity index (χ0v) is 13.2. The van der Waals surface area contributed by atoms with Gasteiger partial charge in [-0.3, -0.25) is 9.59 Å². The molecular weight excluding hydrogens is 296 g/mol. The molecule has 0 spiro atoms. The summed E-state index contributed by atoms with van der Waals surface area (Å²) in [6.45, 7) is 6.02. The highest BCUT2D eigenvalue weighted by molar-refractivity contribution is 6.02. The highest BCUT2D eigenvalue weighted by Gasteiger charge is 2.34. The molecule has 6 heteroatoms. The van der Waals surface area contributed by atoms with Gasteiger partial charge in [-0.25, -0.2) is 0 Å². The molecule has 0 saturated carbocycles. The summed E-state index contributed by atoms with van der Waals surface area (Å²) in [4.78, 5) is 25.5. The third-order valence-electron chi connectivity index (χ3n) is 4.18. The number of piperidine rings is 1. The van der Waals surface area contributed by atoms with Crippen molar-refractivity contribution in [1.29, 1.82) is 0 Å². The number of amides is 2. The van der Waals surface area contributed by atoms with Crippen molar-refractivity contribution in [2.24, 2.45) is 0 Å². The Morgan fingerprint density at radius 1 is 1.48 bits per heavy atom. The van der Waals surface area contributed by atoms with Gasteiger partial charge in [-0.15, -0.1) is 0 Å². The molecule has 3 N–H and O–H groups in total. The Kier molecular flexibility index (Phi) is 5.05. The van der Waals surface area contributed by atoms with Crippen LogP contribution in [0.25, 0.3) is 0 Å². The van der Waals surface area contributed by atoms with Crippen molar-refractivity contribution in [3.05, 3.63) is 36.4 Å². The van der Waals surface area contributed by atoms with Gasteiger partial charge in [-0.2, -0.15) is 0 Å². The Balaban J connectivity index is 2.22. The maximum absolute atomic E-state index is 12.7. The molecule has 0 radical (unpaired) electrons. The fourth-order valence-electron chi connectivity index (χ4n) is 2.72. The Morgan fingerprint density at radius 3 is 2.87 bits per heavy atom. The van der Waals surface area contributed by atoms with Gasteiger partial charge in [0.2, 0.25) is 5.91 Å². The van der Waals surface area contributed by atoms with E-state index >= 15 is 0 Å². The number of anilines is 1. The van der Waals surface area contributed by atoms with Gasteiger partial charge in [-0.05, 0) is 43.5 Å². The average Bonchev–Trinajstić information content (AvgIpc) is 2.56. The third-order valence-corrected chi connectivity index (χ3v) is 4.18. The first-order valence-electron chi connectivity index (χ1n) is 7.66. The van der Waals surface area contributed by atoms with Gasteiger partial charge in [-0.1, -0.05) is 13.5 Å². The lowest BCUT2D eigenvalue weighted by molar-refractivity contribution is -0.111. The molecule has 2 rings (SSSR count). The standard InChI is InChI=1S/C17H22N2O4/c1-3-15(21)18-12-6-7-14(20)13(10-12)16(22)19-9-5-8-17(23,4-2)11-19/h3,6-7,10,20,23H,1,4-5,8-9,11H2,2H3,(H,18,21). The summed E-state index contributed by atoms with van der Waals surface area (Å²) in [6, 6.07) is 4.30. The molecule has 0 bridgehead atoms. The molecule has 2 amide bonds. The van der Waals surface area contributed by atoms with Gasteiger partial charge in [0.1, 0.15) is 5.75 Å². The van der Waals surface area contributed by atoms with Crippen LogP contribution in [0.3, 0.4) is 0 Å². The first-order chi connectivity index (χ1) is 10.9. The van der Waals surface area contributed by atoms with Crippen LogP contribution in [0.4, 0.5) is 5.69 Å². The number of rotatable bonds is 4. The number of aromatic hydroxyl groups is 1. The largest absolute Gasteiger partial charge is 0.507 e. The molecule has 23 heavy (non-hydrogen) atoms. The number of nitrogens with one attached hydrogen (secondary N) is 1. The fraction of sp³-hybridized carbons (Fsp3) is 0.412. The number of hydrogen-bond acceptors (Lipinski definition) is 4. The van der Waals surface area contributed by atoms with Crippen LogP contribution in [0.5, 0.6) is 5.75 Å². The van der Waals surface area contributed by atoms with E-state index in [1.807, 2.05) is 6.92 Å². The van der Waals surface area contributed by atoms with Crippen LogP contribution in [0.15, 0.2) is 30.9 Å². The van der Waals surface area contributed by atoms with E-state index in [9.17, 15) is 19.8 Å². The Hall–Kier alpha value is -2.34. The minimum Gasteiger partial charge on any atom is -0.507 e. The Labute approximate surface area is 135 Å². The molecule has 1 saturated heterocycles. The highest BCUT2D eigenvalue weighted by atomic mass is 16.3. The smallest absolute Gasteiger partial charge is 0.257 e. The summed E-state index contributed by atoms with van der Waals surface area (Å²) < 4.78 is 0. The van der Waals surface area contributed by atoms with Gasteiger partial charge in [0.05, 0.1) is 11.2 Å². The molecule has 124 valence electrons. The molecule has 1 fully saturated rings. The molecule has 6 nitrogen and oxygen atoms in total. The Morgan fingerprint density at radius 2 is 2.22 bits per heavy atom. The number of carbonyl (C=O) groups excluding carboxylic acids is 2. The van der Waals surface area contributed by atoms with Gasteiger partial charge in [0.25, 0.3) is 5.91 Å². The molecule has 1 unspecified atom stereocenters. The van der Waals surface area contributed by atoms with E-state index < -0.39 is 11.5 Å². The van der Waals surface area contributed by atoms with Crippen LogP contribution in [0.2, 0.25) is 0 Å². The van der Waals surface area contributed by atoms with Gasteiger partial charge < -0.3 is 20.4 Å². The number of phenolic OH excluding ortho intramolecular Hbond substituents is 1. The normalized spacial score (nSPS) is 20.9. The summed E-state index contributed by atoms with van der Waals surface area (Å²) in [6.07, 6.45) is 3.07. The fourth-order valence-corrected chi connectivity index (χ4v) is 2.72. The molecule has 0 aliphatic carbocycles. The molecule has 0 aromatic heterocycles. The van der Waals surface area contributed by atoms with Crippen molar-refractivity contribution >= 4 is 17.5 Å². The number of phenols is 1. The summed E-state index contributed by atoms with van der Waals surface area (Å²) in [5, 5.41) is 22.9. The lowest BCUT2D eigenvalue weighted by Crippen LogP contribution is -2.50. The number of nitrogens with zero attached hydrogens (tertiary/aromatic N) is 1. The molecule has 1 aromatic carbocycles. The van der Waals surface area contributed by atoms with E-state index in [0.717, 1.165) is 6.08 Å². The summed E-state index contributed by atoms with van der Waals surface area (Å²) >= 11 is 0. The summed E-state index contributed by atoms with van der Waals surface area (Å²) in [5.41, 5.74) is -0.371. The van der Waals surface area contributed by atoms with E-state index in [4.69, 9.17) is 0 Å². The van der Waals surface area contributed by atoms with Crippen molar-refractivity contribution in [3.63, 3.8) is 0 Å². The van der Waals surface area contributed by atoms with Crippen molar-refractivity contribution in [2.45, 2.75) is 31.8 Å². The highest BCUT2D eigenvalue weighted by Crippen LogP contribution is 2.28. The van der Waals surface area contributed by atoms with E-state index in [2.05, 4.69) is 11.9 Å². The summed E-state index contributed by atoms with van der Waals surface area (Å²) in [5.74, 6) is -0.909. The van der Waals surface area contributed by atoms with Crippen LogP contribution >= 0.6 is 0 Å². The number of benzene rings is 1. The van der Waals surface area contributed by atoms with Crippen LogP contribution < -0.4 is 5.32 Å². The van der Waals surface area contributed by atoms with Crippen molar-refractivity contribution in [1.82, 2.24) is 4.90 Å². The minimum atomic E-state index is -0.877. The number of aliphatic hydroxyl groups is 1. The zero-order chi connectivity index (χ0) is 17.0. The second-order valence-corrected chi connectivity index (χ2v) is 5.83. The molecule has 1 atom stereocenters. The van der Waals surface area contributed by atoms with Crippen molar-refractivity contribution in [2.75, 3.05) is 18.4 Å². The number of β-amino-alcohol motifs (C(OH)–C–C–N with tert-alkyl or cyclic N) is 1. The van der Waals surface area contributed by atoms with E-state index in [-0.39, 0.29) is 23.8 Å². The maximum Gasteiger partial charge on any atom is 0.257 e. The monoisotopic (exact) mass is 318 g/mol. The second kappa shape index (κ2) is 6.83. The van der Waals surface area contributed by atoms with Crippen LogP contribution in [-0.2, 0) is 4.79 Å². The molecule has 1 aliphatic heterocycles. The van der Waals surface area contributed by atoms with Crippen LogP contribution in [0.1, 0.15) is 36.5 Å². The zero-order valence-electron chi connectivity index (χ0n) is 13.2. The molecule has 1 heterocycles. The third kappa shape index (κ3) is 3.90. The van der Waals surface area contributed by atoms with Crippen LogP contribution in [-0.4, -0.2) is 45.6 Å². The van der Waals surface area contributed by atoms with E-state index in [1.54, 1.807) is 4.90 Å². The lowest BCUT2D eigenvalue weighted by atomic mass is 9.90. The second-order valence-electron chi connectivity index (χ2n) is 5.83. The molecule has 1 aliphatic rings. The van der Waals surface area contributed by atoms with Crippen molar-refractivity contribution in [3.8, 4) is 5.75 Å². The number of likely N-dealkylation sites (tertiary alicyclic amines) is 1. The van der Waals surface area contributed by atoms with E-state index in [1.165, 1.54) is 18.2 Å². The molecule has 1 aromatic rings. The van der Waals surface area contributed by atoms with E-state index in [0.29, 0.717) is 31.5 Å². The van der Waals surface area contributed by atoms with Gasteiger partial charge in [0, 0.05) is 18.8 Å². The van der Waals surface area contributed by atoms with Gasteiger partial charge in [0.15, 0.2) is 0 Å². The number of carbonyl (C=O) groups is 2. The van der Waals surface area contributed by atoms with Crippen LogP contribution in [0, 0.1) is 0 Å². The number of hydrogen-bond donors (Lipinski definition) is 3. The maximum atomic E-state index is 12.7. The lowest BCUT2D eigenvalue weighted by Gasteiger charge is -2.38. The minimum absolute atomic E-state index is 0.104. The predicted molar refractivity (Wildman–Crippen MR) is 87.3 cm³/mol. The SMILES string of the molecule is C=CC(=O)Nc1ccc(O)c(C(=O)N2CCCC(O)(CC)C2)c1. The molecular formula is C17H22N2O4. The predicted octanol–water partition coefficient (Wildman–Crippen LogP) is 1.89. The first-order valence-corrected chi connectivity index (χ1v) is 7.66. The Bertz CT molecular complexity index is 629. The quantitative estimate of drug-likeness (QED) is 0.584. The van der Waals surface area contributed by atoms with Crippen molar-refractivity contribution < 1.29 is 19.8 Å².